The van der Waals surface area contributed by atoms with Gasteiger partial charge in [-0.15, -0.1) is 0 Å². The lowest BCUT2D eigenvalue weighted by atomic mass is 10.1. The molecule has 0 bridgehead atoms. The minimum atomic E-state index is -4.22. The molecular weight excluding hydrogens is 578 g/mol. The Hall–Kier alpha value is -3.76. The molecule has 3 aromatic rings. The second-order valence-corrected chi connectivity index (χ2v) is 12.3. The number of hydrogen-bond acceptors (Lipinski definition) is 6. The van der Waals surface area contributed by atoms with E-state index in [2.05, 4.69) is 5.32 Å². The summed E-state index contributed by atoms with van der Waals surface area (Å²) in [6, 6.07) is 16.9. The average molecular weight is 616 g/mol. The first kappa shape index (κ1) is 32.8. The molecule has 2 atom stereocenters. The van der Waals surface area contributed by atoms with Gasteiger partial charge in [0.1, 0.15) is 12.6 Å². The Morgan fingerprint density at radius 2 is 1.62 bits per heavy atom. The van der Waals surface area contributed by atoms with E-state index in [9.17, 15) is 18.0 Å². The molecule has 2 amide bonds. The van der Waals surface area contributed by atoms with Crippen LogP contribution >= 0.6 is 11.6 Å². The number of methoxy groups -OCH3 is 2. The fraction of sp³-hybridized carbons (Fsp3) is 0.355. The van der Waals surface area contributed by atoms with Gasteiger partial charge in [-0.2, -0.15) is 0 Å². The van der Waals surface area contributed by atoms with Crippen LogP contribution in [-0.4, -0.2) is 58.0 Å². The van der Waals surface area contributed by atoms with Crippen molar-refractivity contribution in [3.63, 3.8) is 0 Å². The fourth-order valence-electron chi connectivity index (χ4n) is 4.23. The van der Waals surface area contributed by atoms with Gasteiger partial charge in [0.05, 0.1) is 24.8 Å². The van der Waals surface area contributed by atoms with Gasteiger partial charge in [-0.1, -0.05) is 48.4 Å². The Balaban J connectivity index is 2.09. The van der Waals surface area contributed by atoms with E-state index in [4.69, 9.17) is 21.1 Å². The van der Waals surface area contributed by atoms with Crippen molar-refractivity contribution in [3.8, 4) is 11.5 Å². The molecule has 9 nitrogen and oxygen atoms in total. The van der Waals surface area contributed by atoms with Gasteiger partial charge in [0.15, 0.2) is 11.5 Å². The molecule has 0 radical (unpaired) electrons. The summed E-state index contributed by atoms with van der Waals surface area (Å²) in [6.07, 6.45) is 0.711. The number of anilines is 1. The van der Waals surface area contributed by atoms with Crippen LogP contribution in [0.5, 0.6) is 11.5 Å². The molecular formula is C31H38ClN3O6S. The number of rotatable bonds is 13. The van der Waals surface area contributed by atoms with Crippen LogP contribution in [0.25, 0.3) is 0 Å². The molecule has 0 aliphatic heterocycles. The predicted octanol–water partition coefficient (Wildman–Crippen LogP) is 5.19. The second-order valence-electron chi connectivity index (χ2n) is 10.0. The number of sulfonamides is 1. The van der Waals surface area contributed by atoms with Gasteiger partial charge in [0.2, 0.25) is 11.8 Å². The van der Waals surface area contributed by atoms with Gasteiger partial charge in [-0.05, 0) is 69.2 Å². The molecule has 0 aliphatic carbocycles. The number of carbonyl (C=O) groups excluding carboxylic acids is 2. The molecule has 0 saturated carbocycles. The number of benzene rings is 3. The molecule has 0 heterocycles. The quantitative estimate of drug-likeness (QED) is 0.284. The number of nitrogens with one attached hydrogen (secondary N) is 1. The monoisotopic (exact) mass is 615 g/mol. The van der Waals surface area contributed by atoms with E-state index in [0.717, 1.165) is 9.87 Å². The van der Waals surface area contributed by atoms with Crippen LogP contribution in [0.3, 0.4) is 0 Å². The molecule has 0 spiro atoms. The molecule has 11 heteroatoms. The predicted molar refractivity (Wildman–Crippen MR) is 165 cm³/mol. The van der Waals surface area contributed by atoms with Gasteiger partial charge < -0.3 is 19.7 Å². The lowest BCUT2D eigenvalue weighted by molar-refractivity contribution is -0.139. The van der Waals surface area contributed by atoms with Gasteiger partial charge in [0.25, 0.3) is 10.0 Å². The summed E-state index contributed by atoms with van der Waals surface area (Å²) in [5.41, 5.74) is 1.77. The number of hydrogen-bond donors (Lipinski definition) is 1. The van der Waals surface area contributed by atoms with E-state index in [1.807, 2.05) is 20.8 Å². The number of carbonyl (C=O) groups is 2. The van der Waals surface area contributed by atoms with Crippen molar-refractivity contribution >= 4 is 39.1 Å². The normalized spacial score (nSPS) is 12.6. The Bertz CT molecular complexity index is 1500. The minimum Gasteiger partial charge on any atom is -0.493 e. The minimum absolute atomic E-state index is 0.0136. The summed E-state index contributed by atoms with van der Waals surface area (Å²) < 4.78 is 39.8. The van der Waals surface area contributed by atoms with Crippen molar-refractivity contribution in [3.05, 3.63) is 82.9 Å². The van der Waals surface area contributed by atoms with Crippen LogP contribution in [0.1, 0.15) is 38.3 Å². The van der Waals surface area contributed by atoms with Crippen molar-refractivity contribution in [2.24, 2.45) is 0 Å². The van der Waals surface area contributed by atoms with Crippen LogP contribution in [0.2, 0.25) is 5.02 Å². The van der Waals surface area contributed by atoms with Crippen molar-refractivity contribution in [2.45, 2.75) is 57.6 Å². The molecule has 3 aromatic carbocycles. The van der Waals surface area contributed by atoms with Crippen molar-refractivity contribution < 1.29 is 27.5 Å². The third-order valence-electron chi connectivity index (χ3n) is 6.95. The number of halogens is 1. The average Bonchev–Trinajstić information content (AvgIpc) is 2.97. The standard InChI is InChI=1S/C31H38ClN3O6S/c1-7-22(3)33-31(37)23(4)34(19-24-9-8-10-25(32)17-24)30(36)20-35(26-13-16-28(40-5)29(18-26)41-6)42(38,39)27-14-11-21(2)12-15-27/h8-18,22-23H,7,19-20H2,1-6H3,(H,33,37)/t22-,23+/m1/s1. The Morgan fingerprint density at radius 1 is 0.952 bits per heavy atom. The zero-order valence-electron chi connectivity index (χ0n) is 24.8. The van der Waals surface area contributed by atoms with Crippen LogP contribution in [0, 0.1) is 6.92 Å². The summed E-state index contributed by atoms with van der Waals surface area (Å²) in [5, 5.41) is 3.39. The molecule has 0 aromatic heterocycles. The highest BCUT2D eigenvalue weighted by Gasteiger charge is 2.33. The first-order valence-corrected chi connectivity index (χ1v) is 15.4. The van der Waals surface area contributed by atoms with Gasteiger partial charge in [0, 0.05) is 23.7 Å². The Kier molecular flexibility index (Phi) is 11.2. The second kappa shape index (κ2) is 14.4. The van der Waals surface area contributed by atoms with Gasteiger partial charge >= 0.3 is 0 Å². The highest BCUT2D eigenvalue weighted by Crippen LogP contribution is 2.34. The Labute approximate surface area is 253 Å². The maximum Gasteiger partial charge on any atom is 0.264 e. The lowest BCUT2D eigenvalue weighted by Gasteiger charge is -2.32. The first-order chi connectivity index (χ1) is 19.9. The topological polar surface area (TPSA) is 105 Å². The van der Waals surface area contributed by atoms with E-state index in [1.165, 1.54) is 37.3 Å². The molecule has 226 valence electrons. The van der Waals surface area contributed by atoms with Crippen molar-refractivity contribution in [2.75, 3.05) is 25.1 Å². The maximum absolute atomic E-state index is 14.1. The summed E-state index contributed by atoms with van der Waals surface area (Å²) >= 11 is 6.20. The summed E-state index contributed by atoms with van der Waals surface area (Å²) in [4.78, 5) is 28.6. The first-order valence-electron chi connectivity index (χ1n) is 13.6. The van der Waals surface area contributed by atoms with E-state index >= 15 is 0 Å². The van der Waals surface area contributed by atoms with Crippen LogP contribution < -0.4 is 19.1 Å². The number of amides is 2. The lowest BCUT2D eigenvalue weighted by Crippen LogP contribution is -2.52. The molecule has 1 N–H and O–H groups in total. The molecule has 0 aliphatic rings. The maximum atomic E-state index is 14.1. The number of aryl methyl sites for hydroxylation is 1. The molecule has 0 unspecified atom stereocenters. The van der Waals surface area contributed by atoms with E-state index in [-0.39, 0.29) is 29.1 Å². The third-order valence-corrected chi connectivity index (χ3v) is 8.98. The fourth-order valence-corrected chi connectivity index (χ4v) is 5.85. The highest BCUT2D eigenvalue weighted by molar-refractivity contribution is 7.92. The molecule has 3 rings (SSSR count). The van der Waals surface area contributed by atoms with Crippen LogP contribution in [0.4, 0.5) is 5.69 Å². The zero-order valence-corrected chi connectivity index (χ0v) is 26.3. The summed E-state index contributed by atoms with van der Waals surface area (Å²) in [6.45, 7) is 6.76. The van der Waals surface area contributed by atoms with E-state index in [1.54, 1.807) is 55.5 Å². The zero-order chi connectivity index (χ0) is 31.0. The van der Waals surface area contributed by atoms with Crippen LogP contribution in [-0.2, 0) is 26.2 Å². The Morgan fingerprint density at radius 3 is 2.21 bits per heavy atom. The van der Waals surface area contributed by atoms with Gasteiger partial charge in [-0.3, -0.25) is 13.9 Å². The van der Waals surface area contributed by atoms with E-state index in [0.29, 0.717) is 28.5 Å². The molecule has 0 fully saturated rings. The summed E-state index contributed by atoms with van der Waals surface area (Å²) in [5.74, 6) is -0.229. The number of ether oxygens (including phenoxy) is 2. The number of nitrogens with zero attached hydrogens (tertiary/aromatic N) is 2. The SMILES string of the molecule is CC[C@@H](C)NC(=O)[C@H](C)N(Cc1cccc(Cl)c1)C(=O)CN(c1ccc(OC)c(OC)c1)S(=O)(=O)c1ccc(C)cc1. The summed E-state index contributed by atoms with van der Waals surface area (Å²) in [7, 11) is -1.31. The molecule has 0 saturated heterocycles. The smallest absolute Gasteiger partial charge is 0.264 e. The van der Waals surface area contributed by atoms with Gasteiger partial charge in [-0.25, -0.2) is 8.42 Å². The largest absolute Gasteiger partial charge is 0.493 e. The third kappa shape index (κ3) is 7.95. The van der Waals surface area contributed by atoms with Crippen molar-refractivity contribution in [1.29, 1.82) is 0 Å². The molecule has 42 heavy (non-hydrogen) atoms. The van der Waals surface area contributed by atoms with Crippen molar-refractivity contribution in [1.82, 2.24) is 10.2 Å². The highest BCUT2D eigenvalue weighted by atomic mass is 35.5. The van der Waals surface area contributed by atoms with Crippen LogP contribution in [0.15, 0.2) is 71.6 Å². The van der Waals surface area contributed by atoms with E-state index < -0.39 is 28.5 Å².